The van der Waals surface area contributed by atoms with Gasteiger partial charge < -0.3 is 5.32 Å². The number of nitrogens with one attached hydrogen (secondary N) is 1. The Labute approximate surface area is 204 Å². The predicted octanol–water partition coefficient (Wildman–Crippen LogP) is 2.97. The lowest BCUT2D eigenvalue weighted by Gasteiger charge is -2.15. The molecular formula is C25H18N6O5. The number of imide groups is 1. The molecule has 0 saturated heterocycles. The van der Waals surface area contributed by atoms with E-state index in [1.165, 1.54) is 18.2 Å². The van der Waals surface area contributed by atoms with E-state index in [4.69, 9.17) is 0 Å². The van der Waals surface area contributed by atoms with Gasteiger partial charge in [0.2, 0.25) is 0 Å². The molecule has 36 heavy (non-hydrogen) atoms. The van der Waals surface area contributed by atoms with Crippen molar-refractivity contribution in [3.05, 3.63) is 117 Å². The van der Waals surface area contributed by atoms with E-state index >= 15 is 0 Å². The van der Waals surface area contributed by atoms with Crippen molar-refractivity contribution in [1.82, 2.24) is 20.3 Å². The van der Waals surface area contributed by atoms with E-state index in [2.05, 4.69) is 15.6 Å². The SMILES string of the molecule is O=C(NCc1cn(Cc2ccc([N+](=O)[O-])cc2)nn1)c1cccc(N2C(=O)c3ccccc3C2=O)c1. The van der Waals surface area contributed by atoms with Crippen molar-refractivity contribution in [2.24, 2.45) is 0 Å². The maximum Gasteiger partial charge on any atom is 0.269 e. The van der Waals surface area contributed by atoms with Gasteiger partial charge in [-0.15, -0.1) is 5.10 Å². The Bertz CT molecular complexity index is 1480. The number of benzene rings is 3. The summed E-state index contributed by atoms with van der Waals surface area (Å²) in [5.74, 6) is -1.27. The Kier molecular flexibility index (Phi) is 5.79. The van der Waals surface area contributed by atoms with Crippen LogP contribution >= 0.6 is 0 Å². The molecule has 0 fully saturated rings. The predicted molar refractivity (Wildman–Crippen MR) is 127 cm³/mol. The van der Waals surface area contributed by atoms with Gasteiger partial charge >= 0.3 is 0 Å². The molecule has 0 aliphatic carbocycles. The Hall–Kier alpha value is -5.19. The highest BCUT2D eigenvalue weighted by Gasteiger charge is 2.36. The van der Waals surface area contributed by atoms with E-state index in [1.807, 2.05) is 0 Å². The fourth-order valence-corrected chi connectivity index (χ4v) is 3.89. The molecule has 1 aliphatic heterocycles. The molecule has 1 aliphatic rings. The number of hydrogen-bond acceptors (Lipinski definition) is 7. The molecular weight excluding hydrogens is 464 g/mol. The topological polar surface area (TPSA) is 140 Å². The van der Waals surface area contributed by atoms with Crippen LogP contribution in [0.4, 0.5) is 11.4 Å². The molecule has 0 atom stereocenters. The van der Waals surface area contributed by atoms with Gasteiger partial charge in [0.05, 0.1) is 41.0 Å². The van der Waals surface area contributed by atoms with E-state index < -0.39 is 22.6 Å². The minimum Gasteiger partial charge on any atom is -0.346 e. The van der Waals surface area contributed by atoms with Gasteiger partial charge in [-0.25, -0.2) is 9.58 Å². The van der Waals surface area contributed by atoms with Crippen LogP contribution in [0.15, 0.2) is 79.0 Å². The number of rotatable bonds is 7. The van der Waals surface area contributed by atoms with Crippen LogP contribution in [0.25, 0.3) is 0 Å². The van der Waals surface area contributed by atoms with Crippen molar-refractivity contribution in [3.8, 4) is 0 Å². The molecule has 0 spiro atoms. The fraction of sp³-hybridized carbons (Fsp3) is 0.0800. The summed E-state index contributed by atoms with van der Waals surface area (Å²) in [6.07, 6.45) is 1.66. The molecule has 3 amide bonds. The number of amides is 3. The second kappa shape index (κ2) is 9.22. The summed E-state index contributed by atoms with van der Waals surface area (Å²) < 4.78 is 1.56. The molecule has 0 radical (unpaired) electrons. The standard InChI is InChI=1S/C25H18N6O5/c32-23(26-13-18-15-29(28-27-18)14-16-8-10-19(11-9-16)31(35)36)17-4-3-5-20(12-17)30-24(33)21-6-1-2-7-22(21)25(30)34/h1-12,15H,13-14H2,(H,26,32). The number of nitro benzene ring substituents is 1. The van der Waals surface area contributed by atoms with Crippen molar-refractivity contribution in [2.45, 2.75) is 13.1 Å². The minimum atomic E-state index is -0.463. The van der Waals surface area contributed by atoms with Crippen molar-refractivity contribution in [1.29, 1.82) is 0 Å². The number of nitrogens with zero attached hydrogens (tertiary/aromatic N) is 5. The molecule has 1 N–H and O–H groups in total. The van der Waals surface area contributed by atoms with Crippen LogP contribution in [0.3, 0.4) is 0 Å². The first-order valence-corrected chi connectivity index (χ1v) is 10.9. The highest BCUT2D eigenvalue weighted by Crippen LogP contribution is 2.28. The third-order valence-corrected chi connectivity index (χ3v) is 5.67. The van der Waals surface area contributed by atoms with E-state index in [-0.39, 0.29) is 17.8 Å². The van der Waals surface area contributed by atoms with Crippen molar-refractivity contribution in [2.75, 3.05) is 4.90 Å². The summed E-state index contributed by atoms with van der Waals surface area (Å²) in [5.41, 5.74) is 2.58. The molecule has 0 bridgehead atoms. The molecule has 0 saturated carbocycles. The summed E-state index contributed by atoms with van der Waals surface area (Å²) in [5, 5.41) is 21.6. The Morgan fingerprint density at radius 1 is 0.944 bits per heavy atom. The van der Waals surface area contributed by atoms with Crippen LogP contribution in [0.5, 0.6) is 0 Å². The van der Waals surface area contributed by atoms with Gasteiger partial charge in [-0.2, -0.15) is 0 Å². The zero-order chi connectivity index (χ0) is 25.2. The van der Waals surface area contributed by atoms with Crippen LogP contribution in [0.1, 0.15) is 42.3 Å². The maximum absolute atomic E-state index is 12.7. The lowest BCUT2D eigenvalue weighted by molar-refractivity contribution is -0.384. The Balaban J connectivity index is 1.23. The molecule has 0 unspecified atom stereocenters. The number of aromatic nitrogens is 3. The first kappa shape index (κ1) is 22.6. The maximum atomic E-state index is 12.7. The summed E-state index contributed by atoms with van der Waals surface area (Å²) in [7, 11) is 0. The lowest BCUT2D eigenvalue weighted by Crippen LogP contribution is -2.30. The molecule has 11 nitrogen and oxygen atoms in total. The first-order valence-electron chi connectivity index (χ1n) is 10.9. The number of carbonyl (C=O) groups is 3. The highest BCUT2D eigenvalue weighted by molar-refractivity contribution is 6.34. The average molecular weight is 482 g/mol. The Morgan fingerprint density at radius 2 is 1.64 bits per heavy atom. The van der Waals surface area contributed by atoms with Gasteiger partial charge in [0.25, 0.3) is 23.4 Å². The normalized spacial score (nSPS) is 12.5. The van der Waals surface area contributed by atoms with Gasteiger partial charge in [0, 0.05) is 17.7 Å². The molecule has 5 rings (SSSR count). The minimum absolute atomic E-state index is 0.00723. The zero-order valence-electron chi connectivity index (χ0n) is 18.7. The first-order chi connectivity index (χ1) is 17.4. The van der Waals surface area contributed by atoms with Crippen molar-refractivity contribution < 1.29 is 19.3 Å². The van der Waals surface area contributed by atoms with Crippen molar-refractivity contribution in [3.63, 3.8) is 0 Å². The molecule has 178 valence electrons. The number of nitro groups is 1. The highest BCUT2D eigenvalue weighted by atomic mass is 16.6. The van der Waals surface area contributed by atoms with Crippen LogP contribution in [0, 0.1) is 10.1 Å². The van der Waals surface area contributed by atoms with Gasteiger partial charge in [-0.3, -0.25) is 24.5 Å². The second-order valence-corrected chi connectivity index (χ2v) is 8.06. The van der Waals surface area contributed by atoms with Gasteiger partial charge in [-0.1, -0.05) is 35.5 Å². The molecule has 1 aromatic heterocycles. The number of anilines is 1. The third kappa shape index (κ3) is 4.32. The van der Waals surface area contributed by atoms with E-state index in [0.29, 0.717) is 29.1 Å². The Morgan fingerprint density at radius 3 is 2.31 bits per heavy atom. The average Bonchev–Trinajstić information content (AvgIpc) is 3.44. The quantitative estimate of drug-likeness (QED) is 0.243. The van der Waals surface area contributed by atoms with Crippen LogP contribution in [0.2, 0.25) is 0 Å². The van der Waals surface area contributed by atoms with Crippen LogP contribution < -0.4 is 10.2 Å². The van der Waals surface area contributed by atoms with E-state index in [0.717, 1.165) is 10.5 Å². The van der Waals surface area contributed by atoms with Crippen molar-refractivity contribution >= 4 is 29.1 Å². The number of non-ortho nitro benzene ring substituents is 1. The summed E-state index contributed by atoms with van der Waals surface area (Å²) >= 11 is 0. The zero-order valence-corrected chi connectivity index (χ0v) is 18.7. The van der Waals surface area contributed by atoms with Gasteiger partial charge in [0.1, 0.15) is 5.69 Å². The largest absolute Gasteiger partial charge is 0.346 e. The molecule has 3 aromatic carbocycles. The summed E-state index contributed by atoms with van der Waals surface area (Å²) in [6, 6.07) is 19.0. The number of carbonyl (C=O) groups excluding carboxylic acids is 3. The monoisotopic (exact) mass is 482 g/mol. The van der Waals surface area contributed by atoms with E-state index in [1.54, 1.807) is 65.5 Å². The lowest BCUT2D eigenvalue weighted by atomic mass is 10.1. The molecule has 4 aromatic rings. The van der Waals surface area contributed by atoms with Gasteiger partial charge in [0.15, 0.2) is 0 Å². The molecule has 11 heteroatoms. The fourth-order valence-electron chi connectivity index (χ4n) is 3.89. The second-order valence-electron chi connectivity index (χ2n) is 8.06. The number of hydrogen-bond donors (Lipinski definition) is 1. The summed E-state index contributed by atoms with van der Waals surface area (Å²) in [6.45, 7) is 0.470. The summed E-state index contributed by atoms with van der Waals surface area (Å²) in [4.78, 5) is 49.6. The van der Waals surface area contributed by atoms with Crippen LogP contribution in [-0.4, -0.2) is 37.6 Å². The molecule has 2 heterocycles. The van der Waals surface area contributed by atoms with Gasteiger partial charge in [-0.05, 0) is 35.9 Å². The number of fused-ring (bicyclic) bond motifs is 1. The smallest absolute Gasteiger partial charge is 0.269 e. The van der Waals surface area contributed by atoms with Crippen LogP contribution in [-0.2, 0) is 13.1 Å². The third-order valence-electron chi connectivity index (χ3n) is 5.67. The van der Waals surface area contributed by atoms with E-state index in [9.17, 15) is 24.5 Å².